The second-order valence-electron chi connectivity index (χ2n) is 1.85. The highest BCUT2D eigenvalue weighted by atomic mass is 16.3. The molecule has 0 bridgehead atoms. The van der Waals surface area contributed by atoms with E-state index in [1.165, 1.54) is 0 Å². The summed E-state index contributed by atoms with van der Waals surface area (Å²) in [4.78, 5) is 0. The first-order chi connectivity index (χ1) is 4.41. The molecule has 0 aromatic carbocycles. The molecule has 0 aromatic heterocycles. The van der Waals surface area contributed by atoms with E-state index >= 15 is 0 Å². The molecule has 0 fully saturated rings. The Bertz CT molecular complexity index is 71.3. The molecule has 0 amide bonds. The minimum atomic E-state index is 0.281. The average molecular weight is 129 g/mol. The van der Waals surface area contributed by atoms with Gasteiger partial charge in [0.2, 0.25) is 0 Å². The molecule has 2 heteroatoms. The highest BCUT2D eigenvalue weighted by Crippen LogP contribution is 1.72. The Hall–Kier alpha value is -0.340. The number of aliphatic hydroxyl groups is 1. The van der Waals surface area contributed by atoms with Crippen molar-refractivity contribution in [3.05, 3.63) is 12.2 Å². The largest absolute Gasteiger partial charge is 0.396 e. The molecule has 0 aliphatic heterocycles. The minimum Gasteiger partial charge on any atom is -0.396 e. The summed E-state index contributed by atoms with van der Waals surface area (Å²) < 4.78 is 0. The van der Waals surface area contributed by atoms with Crippen molar-refractivity contribution in [2.24, 2.45) is 0 Å². The van der Waals surface area contributed by atoms with Gasteiger partial charge >= 0.3 is 0 Å². The molecule has 0 aliphatic rings. The minimum absolute atomic E-state index is 0.281. The fourth-order valence-electron chi connectivity index (χ4n) is 0.507. The second-order valence-corrected chi connectivity index (χ2v) is 1.85. The van der Waals surface area contributed by atoms with Gasteiger partial charge in [-0.25, -0.2) is 0 Å². The Morgan fingerprint density at radius 1 is 1.56 bits per heavy atom. The molecule has 0 aromatic rings. The van der Waals surface area contributed by atoms with Crippen molar-refractivity contribution in [2.45, 2.75) is 13.3 Å². The first-order valence-corrected chi connectivity index (χ1v) is 3.34. The molecule has 2 nitrogen and oxygen atoms in total. The van der Waals surface area contributed by atoms with Gasteiger partial charge in [0.1, 0.15) is 0 Å². The molecule has 54 valence electrons. The molecule has 0 saturated carbocycles. The predicted octanol–water partition coefficient (Wildman–Crippen LogP) is 0.534. The van der Waals surface area contributed by atoms with Gasteiger partial charge in [-0.1, -0.05) is 12.2 Å². The van der Waals surface area contributed by atoms with Crippen LogP contribution in [0.15, 0.2) is 12.2 Å². The highest BCUT2D eigenvalue weighted by molar-refractivity contribution is 4.78. The average Bonchev–Trinajstić information content (AvgIpc) is 1.89. The van der Waals surface area contributed by atoms with Gasteiger partial charge in [0.05, 0.1) is 0 Å². The molecule has 0 aliphatic carbocycles. The van der Waals surface area contributed by atoms with E-state index in [-0.39, 0.29) is 6.61 Å². The maximum absolute atomic E-state index is 8.36. The second kappa shape index (κ2) is 7.66. The standard InChI is InChI=1S/C7H15NO/c1-2-3-5-8-6-4-7-9/h2-3,8-9H,4-7H2,1H3. The molecule has 0 spiro atoms. The van der Waals surface area contributed by atoms with Gasteiger partial charge in [-0.15, -0.1) is 0 Å². The van der Waals surface area contributed by atoms with Crippen molar-refractivity contribution >= 4 is 0 Å². The maximum atomic E-state index is 8.36. The Kier molecular flexibility index (Phi) is 7.37. The maximum Gasteiger partial charge on any atom is 0.0443 e. The van der Waals surface area contributed by atoms with Gasteiger partial charge in [-0.3, -0.25) is 0 Å². The van der Waals surface area contributed by atoms with Crippen LogP contribution in [-0.4, -0.2) is 24.8 Å². The normalized spacial score (nSPS) is 10.9. The third-order valence-electron chi connectivity index (χ3n) is 1.01. The van der Waals surface area contributed by atoms with Crippen LogP contribution in [0.4, 0.5) is 0 Å². The molecule has 0 unspecified atom stereocenters. The summed E-state index contributed by atoms with van der Waals surface area (Å²) >= 11 is 0. The van der Waals surface area contributed by atoms with Crippen LogP contribution in [0.1, 0.15) is 13.3 Å². The van der Waals surface area contributed by atoms with Crippen LogP contribution in [0.3, 0.4) is 0 Å². The quantitative estimate of drug-likeness (QED) is 0.419. The lowest BCUT2D eigenvalue weighted by molar-refractivity contribution is 0.287. The number of allylic oxidation sites excluding steroid dienone is 1. The van der Waals surface area contributed by atoms with Crippen molar-refractivity contribution in [1.29, 1.82) is 0 Å². The summed E-state index contributed by atoms with van der Waals surface area (Å²) in [6.45, 7) is 4.09. The van der Waals surface area contributed by atoms with Gasteiger partial charge < -0.3 is 10.4 Å². The summed E-state index contributed by atoms with van der Waals surface area (Å²) in [7, 11) is 0. The summed E-state index contributed by atoms with van der Waals surface area (Å²) in [5.41, 5.74) is 0. The monoisotopic (exact) mass is 129 g/mol. The smallest absolute Gasteiger partial charge is 0.0443 e. The molecule has 0 atom stereocenters. The van der Waals surface area contributed by atoms with Gasteiger partial charge in [-0.05, 0) is 19.9 Å². The lowest BCUT2D eigenvalue weighted by atomic mass is 10.4. The lowest BCUT2D eigenvalue weighted by Gasteiger charge is -1.96. The van der Waals surface area contributed by atoms with E-state index in [4.69, 9.17) is 5.11 Å². The SMILES string of the molecule is CC=CCNCCCO. The van der Waals surface area contributed by atoms with Crippen molar-refractivity contribution in [3.8, 4) is 0 Å². The van der Waals surface area contributed by atoms with E-state index in [0.29, 0.717) is 0 Å². The zero-order valence-corrected chi connectivity index (χ0v) is 5.93. The van der Waals surface area contributed by atoms with Crippen LogP contribution in [0.25, 0.3) is 0 Å². The first kappa shape index (κ1) is 8.66. The highest BCUT2D eigenvalue weighted by Gasteiger charge is 1.80. The summed E-state index contributed by atoms with van der Waals surface area (Å²) in [6, 6.07) is 0. The number of hydrogen-bond donors (Lipinski definition) is 2. The molecule has 0 saturated heterocycles. The van der Waals surface area contributed by atoms with E-state index in [9.17, 15) is 0 Å². The van der Waals surface area contributed by atoms with Crippen molar-refractivity contribution in [1.82, 2.24) is 5.32 Å². The summed E-state index contributed by atoms with van der Waals surface area (Å²) in [5, 5.41) is 11.5. The van der Waals surface area contributed by atoms with E-state index in [2.05, 4.69) is 11.4 Å². The third kappa shape index (κ3) is 7.66. The van der Waals surface area contributed by atoms with Gasteiger partial charge in [0.25, 0.3) is 0 Å². The molecular weight excluding hydrogens is 114 g/mol. The Morgan fingerprint density at radius 3 is 2.89 bits per heavy atom. The molecule has 0 rings (SSSR count). The zero-order valence-electron chi connectivity index (χ0n) is 5.93. The molecule has 0 radical (unpaired) electrons. The Labute approximate surface area is 56.6 Å². The fourth-order valence-corrected chi connectivity index (χ4v) is 0.507. The van der Waals surface area contributed by atoms with Crippen LogP contribution in [0.5, 0.6) is 0 Å². The van der Waals surface area contributed by atoms with Gasteiger partial charge in [-0.2, -0.15) is 0 Å². The summed E-state index contributed by atoms with van der Waals surface area (Å²) in [6.07, 6.45) is 4.90. The number of aliphatic hydroxyl groups excluding tert-OH is 1. The van der Waals surface area contributed by atoms with E-state index in [0.717, 1.165) is 19.5 Å². The molecule has 0 heterocycles. The van der Waals surface area contributed by atoms with Crippen molar-refractivity contribution < 1.29 is 5.11 Å². The number of nitrogens with one attached hydrogen (secondary N) is 1. The van der Waals surface area contributed by atoms with E-state index in [1.807, 2.05) is 13.0 Å². The first-order valence-electron chi connectivity index (χ1n) is 3.34. The Morgan fingerprint density at radius 2 is 2.33 bits per heavy atom. The predicted molar refractivity (Wildman–Crippen MR) is 39.4 cm³/mol. The summed E-state index contributed by atoms with van der Waals surface area (Å²) in [5.74, 6) is 0. The van der Waals surface area contributed by atoms with Crippen LogP contribution >= 0.6 is 0 Å². The van der Waals surface area contributed by atoms with Crippen LogP contribution in [0, 0.1) is 0 Å². The molecule has 2 N–H and O–H groups in total. The molecule has 9 heavy (non-hydrogen) atoms. The Balaban J connectivity index is 2.75. The lowest BCUT2D eigenvalue weighted by Crippen LogP contribution is -2.15. The fraction of sp³-hybridized carbons (Fsp3) is 0.714. The van der Waals surface area contributed by atoms with Crippen molar-refractivity contribution in [2.75, 3.05) is 19.7 Å². The van der Waals surface area contributed by atoms with E-state index < -0.39 is 0 Å². The van der Waals surface area contributed by atoms with Crippen LogP contribution in [0.2, 0.25) is 0 Å². The van der Waals surface area contributed by atoms with Gasteiger partial charge in [0.15, 0.2) is 0 Å². The number of rotatable bonds is 5. The van der Waals surface area contributed by atoms with E-state index in [1.54, 1.807) is 0 Å². The van der Waals surface area contributed by atoms with Crippen LogP contribution < -0.4 is 5.32 Å². The van der Waals surface area contributed by atoms with Crippen LogP contribution in [-0.2, 0) is 0 Å². The zero-order chi connectivity index (χ0) is 6.95. The number of hydrogen-bond acceptors (Lipinski definition) is 2. The topological polar surface area (TPSA) is 32.3 Å². The van der Waals surface area contributed by atoms with Gasteiger partial charge in [0, 0.05) is 13.2 Å². The van der Waals surface area contributed by atoms with Crippen molar-refractivity contribution in [3.63, 3.8) is 0 Å². The molecular formula is C7H15NO. The third-order valence-corrected chi connectivity index (χ3v) is 1.01.